The molecule has 3 rings (SSSR count). The number of nitrogens with zero attached hydrogens (tertiary/aromatic N) is 1. The molecule has 2 aliphatic rings. The summed E-state index contributed by atoms with van der Waals surface area (Å²) in [4.78, 5) is 25.2. The molecule has 1 saturated heterocycles. The number of amides is 2. The van der Waals surface area contributed by atoms with Gasteiger partial charge in [0.25, 0.3) is 0 Å². The Kier molecular flexibility index (Phi) is 2.90. The number of hydrogen-bond acceptors (Lipinski definition) is 3. The highest BCUT2D eigenvalue weighted by atomic mass is 16.2. The fourth-order valence-electron chi connectivity index (χ4n) is 2.52. The summed E-state index contributed by atoms with van der Waals surface area (Å²) in [5.41, 5.74) is 1.86. The summed E-state index contributed by atoms with van der Waals surface area (Å²) in [6.07, 6.45) is 0.755. The molecule has 0 aromatic heterocycles. The number of anilines is 1. The van der Waals surface area contributed by atoms with Gasteiger partial charge in [0.2, 0.25) is 11.8 Å². The quantitative estimate of drug-likeness (QED) is 0.836. The number of imide groups is 1. The van der Waals surface area contributed by atoms with E-state index >= 15 is 0 Å². The van der Waals surface area contributed by atoms with Crippen molar-refractivity contribution in [3.63, 3.8) is 0 Å². The third kappa shape index (κ3) is 2.16. The number of carbonyl (C=O) groups is 2. The molecule has 1 aliphatic heterocycles. The van der Waals surface area contributed by atoms with Crippen molar-refractivity contribution >= 4 is 17.5 Å². The molecule has 0 spiro atoms. The van der Waals surface area contributed by atoms with Gasteiger partial charge in [-0.2, -0.15) is 0 Å². The Morgan fingerprint density at radius 3 is 2.26 bits per heavy atom. The summed E-state index contributed by atoms with van der Waals surface area (Å²) < 4.78 is 0. The molecule has 2 atom stereocenters. The van der Waals surface area contributed by atoms with E-state index in [1.54, 1.807) is 0 Å². The van der Waals surface area contributed by atoms with Crippen molar-refractivity contribution in [2.24, 2.45) is 11.8 Å². The first-order chi connectivity index (χ1) is 9.08. The molecule has 0 bridgehead atoms. The third-order valence-electron chi connectivity index (χ3n) is 3.77. The minimum atomic E-state index is -0.0326. The molecule has 100 valence electrons. The number of hydrogen-bond donors (Lipinski definition) is 1. The van der Waals surface area contributed by atoms with Gasteiger partial charge in [0.05, 0.1) is 17.5 Å². The van der Waals surface area contributed by atoms with Gasteiger partial charge in [0, 0.05) is 12.6 Å². The van der Waals surface area contributed by atoms with Gasteiger partial charge in [-0.05, 0) is 24.1 Å². The molecule has 4 nitrogen and oxygen atoms in total. The predicted octanol–water partition coefficient (Wildman–Crippen LogP) is 1.69. The van der Waals surface area contributed by atoms with Crippen LogP contribution in [0, 0.1) is 11.8 Å². The SMILES string of the molecule is CC(C)NCc1ccc(N2C(=O)C3CC3C2=O)cc1. The molecule has 1 aromatic rings. The van der Waals surface area contributed by atoms with E-state index in [2.05, 4.69) is 19.2 Å². The molecular weight excluding hydrogens is 240 g/mol. The summed E-state index contributed by atoms with van der Waals surface area (Å²) in [5, 5.41) is 3.33. The smallest absolute Gasteiger partial charge is 0.237 e. The number of nitrogens with one attached hydrogen (secondary N) is 1. The standard InChI is InChI=1S/C15H18N2O2/c1-9(2)16-8-10-3-5-11(6-4-10)17-14(18)12-7-13(12)15(17)19/h3-6,9,12-13,16H,7-8H2,1-2H3. The number of piperidine rings is 1. The second-order valence-corrected chi connectivity index (χ2v) is 5.66. The van der Waals surface area contributed by atoms with Crippen LogP contribution in [0.3, 0.4) is 0 Å². The topological polar surface area (TPSA) is 49.4 Å². The van der Waals surface area contributed by atoms with Crippen molar-refractivity contribution in [1.29, 1.82) is 0 Å². The highest BCUT2D eigenvalue weighted by Gasteiger charge is 2.59. The molecular formula is C15H18N2O2. The van der Waals surface area contributed by atoms with Gasteiger partial charge in [-0.25, -0.2) is 0 Å². The molecule has 2 fully saturated rings. The fraction of sp³-hybridized carbons (Fsp3) is 0.467. The molecule has 2 unspecified atom stereocenters. The fourth-order valence-corrected chi connectivity index (χ4v) is 2.52. The van der Waals surface area contributed by atoms with Crippen LogP contribution in [0.15, 0.2) is 24.3 Å². The van der Waals surface area contributed by atoms with Crippen LogP contribution in [0.1, 0.15) is 25.8 Å². The van der Waals surface area contributed by atoms with E-state index in [-0.39, 0.29) is 23.7 Å². The number of benzene rings is 1. The lowest BCUT2D eigenvalue weighted by atomic mass is 10.2. The highest BCUT2D eigenvalue weighted by Crippen LogP contribution is 2.48. The van der Waals surface area contributed by atoms with E-state index < -0.39 is 0 Å². The molecule has 0 radical (unpaired) electrons. The predicted molar refractivity (Wildman–Crippen MR) is 72.5 cm³/mol. The zero-order chi connectivity index (χ0) is 13.6. The third-order valence-corrected chi connectivity index (χ3v) is 3.77. The van der Waals surface area contributed by atoms with Gasteiger partial charge >= 0.3 is 0 Å². The van der Waals surface area contributed by atoms with Gasteiger partial charge < -0.3 is 5.32 Å². The molecule has 1 aromatic carbocycles. The molecule has 1 heterocycles. The Morgan fingerprint density at radius 2 is 1.74 bits per heavy atom. The zero-order valence-corrected chi connectivity index (χ0v) is 11.2. The average Bonchev–Trinajstić information content (AvgIpc) is 3.13. The molecule has 19 heavy (non-hydrogen) atoms. The van der Waals surface area contributed by atoms with Crippen molar-refractivity contribution in [2.75, 3.05) is 4.90 Å². The summed E-state index contributed by atoms with van der Waals surface area (Å²) in [6.45, 7) is 5.00. The van der Waals surface area contributed by atoms with Crippen LogP contribution in [0.25, 0.3) is 0 Å². The Bertz CT molecular complexity index is 501. The van der Waals surface area contributed by atoms with Crippen LogP contribution >= 0.6 is 0 Å². The van der Waals surface area contributed by atoms with Crippen molar-refractivity contribution in [3.8, 4) is 0 Å². The van der Waals surface area contributed by atoms with E-state index in [4.69, 9.17) is 0 Å². The second kappa shape index (κ2) is 4.46. The van der Waals surface area contributed by atoms with E-state index in [9.17, 15) is 9.59 Å². The molecule has 1 aliphatic carbocycles. The van der Waals surface area contributed by atoms with Crippen molar-refractivity contribution < 1.29 is 9.59 Å². The van der Waals surface area contributed by atoms with Crippen LogP contribution in [0.2, 0.25) is 0 Å². The average molecular weight is 258 g/mol. The Labute approximate surface area is 112 Å². The highest BCUT2D eigenvalue weighted by molar-refractivity contribution is 6.24. The van der Waals surface area contributed by atoms with E-state index in [1.165, 1.54) is 4.90 Å². The molecule has 4 heteroatoms. The number of carbonyl (C=O) groups excluding carboxylic acids is 2. The van der Waals surface area contributed by atoms with Crippen LogP contribution < -0.4 is 10.2 Å². The lowest BCUT2D eigenvalue weighted by Gasteiger charge is -2.17. The Hall–Kier alpha value is -1.68. The first-order valence-corrected chi connectivity index (χ1v) is 6.78. The monoisotopic (exact) mass is 258 g/mol. The summed E-state index contributed by atoms with van der Waals surface area (Å²) in [6, 6.07) is 8.09. The normalized spacial score (nSPS) is 25.1. The van der Waals surface area contributed by atoms with Gasteiger partial charge in [0.1, 0.15) is 0 Å². The summed E-state index contributed by atoms with van der Waals surface area (Å²) >= 11 is 0. The van der Waals surface area contributed by atoms with Crippen molar-refractivity contribution in [2.45, 2.75) is 32.9 Å². The van der Waals surface area contributed by atoms with Crippen molar-refractivity contribution in [1.82, 2.24) is 5.32 Å². The second-order valence-electron chi connectivity index (χ2n) is 5.66. The summed E-state index contributed by atoms with van der Waals surface area (Å²) in [5.74, 6) is -0.115. The maximum atomic E-state index is 12.0. The largest absolute Gasteiger partial charge is 0.310 e. The van der Waals surface area contributed by atoms with E-state index in [0.29, 0.717) is 11.7 Å². The lowest BCUT2D eigenvalue weighted by Crippen LogP contribution is -2.32. The maximum Gasteiger partial charge on any atom is 0.237 e. The van der Waals surface area contributed by atoms with Gasteiger partial charge in [-0.3, -0.25) is 14.5 Å². The van der Waals surface area contributed by atoms with E-state index in [1.807, 2.05) is 24.3 Å². The van der Waals surface area contributed by atoms with Crippen molar-refractivity contribution in [3.05, 3.63) is 29.8 Å². The first-order valence-electron chi connectivity index (χ1n) is 6.78. The van der Waals surface area contributed by atoms with E-state index in [0.717, 1.165) is 18.5 Å². The molecule has 1 N–H and O–H groups in total. The maximum absolute atomic E-state index is 12.0. The van der Waals surface area contributed by atoms with Crippen LogP contribution in [-0.2, 0) is 16.1 Å². The number of fused-ring (bicyclic) bond motifs is 1. The molecule has 2 amide bonds. The Balaban J connectivity index is 1.72. The van der Waals surface area contributed by atoms with Crippen LogP contribution in [0.4, 0.5) is 5.69 Å². The minimum absolute atomic E-state index is 0.0249. The van der Waals surface area contributed by atoms with Crippen LogP contribution in [-0.4, -0.2) is 17.9 Å². The van der Waals surface area contributed by atoms with Gasteiger partial charge in [-0.15, -0.1) is 0 Å². The Morgan fingerprint density at radius 1 is 1.16 bits per heavy atom. The van der Waals surface area contributed by atoms with Gasteiger partial charge in [0.15, 0.2) is 0 Å². The van der Waals surface area contributed by atoms with Gasteiger partial charge in [-0.1, -0.05) is 26.0 Å². The lowest BCUT2D eigenvalue weighted by molar-refractivity contribution is -0.123. The summed E-state index contributed by atoms with van der Waals surface area (Å²) in [7, 11) is 0. The molecule has 1 saturated carbocycles. The minimum Gasteiger partial charge on any atom is -0.310 e. The first kappa shape index (κ1) is 12.4. The number of rotatable bonds is 4. The zero-order valence-electron chi connectivity index (χ0n) is 11.2. The van der Waals surface area contributed by atoms with Crippen LogP contribution in [0.5, 0.6) is 0 Å².